The van der Waals surface area contributed by atoms with Crippen molar-refractivity contribution in [1.82, 2.24) is 4.98 Å². The molecule has 0 unspecified atom stereocenters. The molecule has 0 spiro atoms. The average Bonchev–Trinajstić information content (AvgIpc) is 3.04. The van der Waals surface area contributed by atoms with E-state index in [9.17, 15) is 0 Å². The van der Waals surface area contributed by atoms with E-state index in [4.69, 9.17) is 9.47 Å². The minimum atomic E-state index is 0.899. The fourth-order valence-corrected chi connectivity index (χ4v) is 3.71. The van der Waals surface area contributed by atoms with Crippen molar-refractivity contribution in [3.05, 3.63) is 46.5 Å². The van der Waals surface area contributed by atoms with Crippen LogP contribution in [0.25, 0.3) is 22.2 Å². The van der Waals surface area contributed by atoms with E-state index in [1.807, 2.05) is 6.07 Å². The van der Waals surface area contributed by atoms with Gasteiger partial charge in [0.25, 0.3) is 0 Å². The number of aromatic amines is 1. The molecule has 0 radical (unpaired) electrons. The lowest BCUT2D eigenvalue weighted by Gasteiger charge is -2.13. The topological polar surface area (TPSA) is 34.2 Å². The van der Waals surface area contributed by atoms with Gasteiger partial charge >= 0.3 is 0 Å². The van der Waals surface area contributed by atoms with Crippen molar-refractivity contribution in [1.29, 1.82) is 0 Å². The molecule has 1 aliphatic rings. The first-order valence-electron chi connectivity index (χ1n) is 7.50. The fourth-order valence-electron chi connectivity index (χ4n) is 3.71. The van der Waals surface area contributed by atoms with Crippen molar-refractivity contribution >= 4 is 10.9 Å². The second-order valence-corrected chi connectivity index (χ2v) is 5.94. The molecule has 22 heavy (non-hydrogen) atoms. The van der Waals surface area contributed by atoms with Crippen LogP contribution >= 0.6 is 0 Å². The van der Waals surface area contributed by atoms with E-state index in [1.165, 1.54) is 44.4 Å². The molecule has 1 N–H and O–H groups in total. The summed E-state index contributed by atoms with van der Waals surface area (Å²) < 4.78 is 10.9. The minimum absolute atomic E-state index is 0.899. The summed E-state index contributed by atoms with van der Waals surface area (Å²) in [6.07, 6.45) is 0.945. The molecule has 0 fully saturated rings. The number of aryl methyl sites for hydroxylation is 1. The Kier molecular flexibility index (Phi) is 2.73. The van der Waals surface area contributed by atoms with Crippen LogP contribution in [-0.4, -0.2) is 19.2 Å². The SMILES string of the molecule is COc1ccc2[nH]c3c(c2c1)Cc1c-3cc(C)c(OC)c1C. The third-order valence-corrected chi connectivity index (χ3v) is 4.78. The summed E-state index contributed by atoms with van der Waals surface area (Å²) in [6.45, 7) is 4.26. The number of ether oxygens (including phenoxy) is 2. The predicted octanol–water partition coefficient (Wildman–Crippen LogP) is 4.37. The first kappa shape index (κ1) is 13.3. The van der Waals surface area contributed by atoms with Gasteiger partial charge in [-0.15, -0.1) is 0 Å². The van der Waals surface area contributed by atoms with E-state index >= 15 is 0 Å². The highest BCUT2D eigenvalue weighted by Gasteiger charge is 2.26. The number of nitrogens with one attached hydrogen (secondary N) is 1. The fraction of sp³-hybridized carbons (Fsp3) is 0.263. The van der Waals surface area contributed by atoms with Gasteiger partial charge in [-0.1, -0.05) is 0 Å². The van der Waals surface area contributed by atoms with Crippen molar-refractivity contribution in [2.24, 2.45) is 0 Å². The standard InChI is InChI=1S/C19H19NO2/c1-10-7-15-13(11(2)19(10)22-4)9-16-14-8-12(21-3)5-6-17(14)20-18(15)16/h5-8,20H,9H2,1-4H3. The molecule has 0 aliphatic heterocycles. The molecule has 0 atom stereocenters. The maximum Gasteiger partial charge on any atom is 0.124 e. The van der Waals surface area contributed by atoms with Gasteiger partial charge in [0, 0.05) is 22.9 Å². The number of hydrogen-bond donors (Lipinski definition) is 1. The van der Waals surface area contributed by atoms with Crippen LogP contribution in [0, 0.1) is 13.8 Å². The van der Waals surface area contributed by atoms with E-state index in [1.54, 1.807) is 14.2 Å². The molecule has 3 heteroatoms. The smallest absolute Gasteiger partial charge is 0.124 e. The summed E-state index contributed by atoms with van der Waals surface area (Å²) in [5.41, 5.74) is 8.88. The van der Waals surface area contributed by atoms with E-state index in [0.29, 0.717) is 0 Å². The molecule has 112 valence electrons. The van der Waals surface area contributed by atoms with Gasteiger partial charge in [-0.3, -0.25) is 0 Å². The van der Waals surface area contributed by atoms with Crippen LogP contribution in [0.4, 0.5) is 0 Å². The van der Waals surface area contributed by atoms with Crippen molar-refractivity contribution < 1.29 is 9.47 Å². The Hall–Kier alpha value is -2.42. The quantitative estimate of drug-likeness (QED) is 0.595. The van der Waals surface area contributed by atoms with Crippen molar-refractivity contribution in [2.45, 2.75) is 20.3 Å². The molecule has 1 aliphatic carbocycles. The van der Waals surface area contributed by atoms with Crippen LogP contribution in [0.3, 0.4) is 0 Å². The zero-order valence-corrected chi connectivity index (χ0v) is 13.3. The second-order valence-electron chi connectivity index (χ2n) is 5.94. The van der Waals surface area contributed by atoms with E-state index in [-0.39, 0.29) is 0 Å². The Bertz CT molecular complexity index is 906. The molecular weight excluding hydrogens is 274 g/mol. The summed E-state index contributed by atoms with van der Waals surface area (Å²) in [7, 11) is 3.46. The van der Waals surface area contributed by atoms with Gasteiger partial charge in [-0.25, -0.2) is 0 Å². The Morgan fingerprint density at radius 3 is 2.55 bits per heavy atom. The first-order valence-corrected chi connectivity index (χ1v) is 7.50. The number of benzene rings is 2. The van der Waals surface area contributed by atoms with Crippen LogP contribution in [0.5, 0.6) is 11.5 Å². The van der Waals surface area contributed by atoms with Crippen molar-refractivity contribution in [2.75, 3.05) is 14.2 Å². The number of H-pyrrole nitrogens is 1. The van der Waals surface area contributed by atoms with Gasteiger partial charge in [0.2, 0.25) is 0 Å². The number of rotatable bonds is 2. The molecule has 0 amide bonds. The molecule has 2 aromatic carbocycles. The summed E-state index contributed by atoms with van der Waals surface area (Å²) in [5, 5.41) is 1.25. The summed E-state index contributed by atoms with van der Waals surface area (Å²) in [5.74, 6) is 1.90. The minimum Gasteiger partial charge on any atom is -0.497 e. The van der Waals surface area contributed by atoms with Crippen LogP contribution in [0.1, 0.15) is 22.3 Å². The molecule has 1 aromatic heterocycles. The summed E-state index contributed by atoms with van der Waals surface area (Å²) in [4.78, 5) is 3.58. The molecule has 1 heterocycles. The summed E-state index contributed by atoms with van der Waals surface area (Å²) in [6, 6.07) is 8.45. The maximum atomic E-state index is 5.57. The van der Waals surface area contributed by atoms with Crippen LogP contribution < -0.4 is 9.47 Å². The zero-order chi connectivity index (χ0) is 15.4. The number of aromatic nitrogens is 1. The van der Waals surface area contributed by atoms with Crippen LogP contribution in [0.2, 0.25) is 0 Å². The third-order valence-electron chi connectivity index (χ3n) is 4.78. The van der Waals surface area contributed by atoms with Crippen LogP contribution in [-0.2, 0) is 6.42 Å². The highest BCUT2D eigenvalue weighted by molar-refractivity contribution is 5.95. The third kappa shape index (κ3) is 1.62. The maximum absolute atomic E-state index is 5.57. The molecule has 0 saturated carbocycles. The zero-order valence-electron chi connectivity index (χ0n) is 13.3. The Labute approximate surface area is 129 Å². The van der Waals surface area contributed by atoms with Gasteiger partial charge < -0.3 is 14.5 Å². The van der Waals surface area contributed by atoms with Gasteiger partial charge in [0.1, 0.15) is 11.5 Å². The molecule has 0 bridgehead atoms. The Morgan fingerprint density at radius 2 is 1.82 bits per heavy atom. The molecule has 3 aromatic rings. The highest BCUT2D eigenvalue weighted by Crippen LogP contribution is 2.45. The number of hydrogen-bond acceptors (Lipinski definition) is 2. The first-order chi connectivity index (χ1) is 10.6. The lowest BCUT2D eigenvalue weighted by molar-refractivity contribution is 0.408. The van der Waals surface area contributed by atoms with Crippen molar-refractivity contribution in [3.63, 3.8) is 0 Å². The lowest BCUT2D eigenvalue weighted by atomic mass is 9.98. The molecule has 4 rings (SSSR count). The van der Waals surface area contributed by atoms with Gasteiger partial charge in [0.05, 0.1) is 19.9 Å². The van der Waals surface area contributed by atoms with E-state index in [2.05, 4.69) is 37.0 Å². The highest BCUT2D eigenvalue weighted by atomic mass is 16.5. The Morgan fingerprint density at radius 1 is 1.00 bits per heavy atom. The normalized spacial score (nSPS) is 12.4. The largest absolute Gasteiger partial charge is 0.497 e. The Balaban J connectivity index is 1.99. The van der Waals surface area contributed by atoms with Gasteiger partial charge in [-0.05, 0) is 60.4 Å². The second kappa shape index (κ2) is 4.54. The molecule has 0 saturated heterocycles. The molecular formula is C19H19NO2. The van der Waals surface area contributed by atoms with Gasteiger partial charge in [-0.2, -0.15) is 0 Å². The number of fused-ring (bicyclic) bond motifs is 5. The van der Waals surface area contributed by atoms with E-state index in [0.717, 1.165) is 17.9 Å². The van der Waals surface area contributed by atoms with Crippen molar-refractivity contribution in [3.8, 4) is 22.8 Å². The van der Waals surface area contributed by atoms with Crippen LogP contribution in [0.15, 0.2) is 24.3 Å². The molecule has 3 nitrogen and oxygen atoms in total. The van der Waals surface area contributed by atoms with E-state index < -0.39 is 0 Å². The average molecular weight is 293 g/mol. The number of methoxy groups -OCH3 is 2. The lowest BCUT2D eigenvalue weighted by Crippen LogP contribution is -1.96. The monoisotopic (exact) mass is 293 g/mol. The summed E-state index contributed by atoms with van der Waals surface area (Å²) >= 11 is 0. The van der Waals surface area contributed by atoms with Gasteiger partial charge in [0.15, 0.2) is 0 Å². The predicted molar refractivity (Wildman–Crippen MR) is 89.1 cm³/mol.